The van der Waals surface area contributed by atoms with Crippen molar-refractivity contribution >= 4 is 18.6 Å². The topological polar surface area (TPSA) is 42.9 Å². The van der Waals surface area contributed by atoms with E-state index in [-0.39, 0.29) is 11.6 Å². The van der Waals surface area contributed by atoms with Crippen molar-refractivity contribution in [1.82, 2.24) is 0 Å². The van der Waals surface area contributed by atoms with Crippen molar-refractivity contribution in [2.75, 3.05) is 18.8 Å². The molecule has 0 atom stereocenters. The van der Waals surface area contributed by atoms with Crippen molar-refractivity contribution in [1.29, 1.82) is 0 Å². The van der Waals surface area contributed by atoms with Crippen molar-refractivity contribution in [3.63, 3.8) is 0 Å². The van der Waals surface area contributed by atoms with Crippen LogP contribution in [0, 0.1) is 0 Å². The molecule has 1 aliphatic heterocycles. The Morgan fingerprint density at radius 1 is 1.50 bits per heavy atom. The Hall–Kier alpha value is -0.220. The molecule has 4 heteroatoms. The van der Waals surface area contributed by atoms with Crippen molar-refractivity contribution < 1.29 is 14.8 Å². The van der Waals surface area contributed by atoms with Gasteiger partial charge in [-0.1, -0.05) is 6.92 Å². The van der Waals surface area contributed by atoms with E-state index in [0.29, 0.717) is 12.2 Å². The summed E-state index contributed by atoms with van der Waals surface area (Å²) in [6.45, 7) is 4.24. The highest BCUT2D eigenvalue weighted by Crippen LogP contribution is 2.25. The fraction of sp³-hybridized carbons (Fsp3) is 0.900. The van der Waals surface area contributed by atoms with E-state index < -0.39 is 0 Å². The van der Waals surface area contributed by atoms with Gasteiger partial charge in [-0.2, -0.15) is 12.6 Å². The van der Waals surface area contributed by atoms with E-state index in [1.165, 1.54) is 0 Å². The molecule has 0 amide bonds. The van der Waals surface area contributed by atoms with E-state index in [4.69, 9.17) is 4.74 Å². The van der Waals surface area contributed by atoms with Gasteiger partial charge in [0.05, 0.1) is 19.5 Å². The number of rotatable bonds is 4. The summed E-state index contributed by atoms with van der Waals surface area (Å²) in [5, 5.41) is 2.28. The number of carbonyl (C=O) groups excluding carboxylic acids is 1. The Morgan fingerprint density at radius 2 is 2.14 bits per heavy atom. The van der Waals surface area contributed by atoms with Gasteiger partial charge in [0.1, 0.15) is 5.60 Å². The second-order valence-corrected chi connectivity index (χ2v) is 4.30. The van der Waals surface area contributed by atoms with Gasteiger partial charge in [0, 0.05) is 18.6 Å². The maximum atomic E-state index is 11.4. The monoisotopic (exact) mass is 218 g/mol. The normalized spacial score (nSPS) is 20.4. The van der Waals surface area contributed by atoms with Gasteiger partial charge in [0.15, 0.2) is 0 Å². The van der Waals surface area contributed by atoms with Gasteiger partial charge in [0.2, 0.25) is 0 Å². The van der Waals surface area contributed by atoms with Crippen LogP contribution in [0.3, 0.4) is 0 Å². The van der Waals surface area contributed by atoms with Gasteiger partial charge < -0.3 is 10.1 Å². The van der Waals surface area contributed by atoms with Crippen LogP contribution < -0.4 is 5.32 Å². The lowest BCUT2D eigenvalue weighted by Crippen LogP contribution is -2.88. The van der Waals surface area contributed by atoms with Crippen molar-refractivity contribution in [3.05, 3.63) is 0 Å². The van der Waals surface area contributed by atoms with Gasteiger partial charge in [0.25, 0.3) is 0 Å². The van der Waals surface area contributed by atoms with E-state index in [2.05, 4.69) is 24.9 Å². The minimum Gasteiger partial charge on any atom is -0.459 e. The minimum absolute atomic E-state index is 0.0937. The Balaban J connectivity index is 2.47. The van der Waals surface area contributed by atoms with Crippen LogP contribution in [0.1, 0.15) is 32.6 Å². The lowest BCUT2D eigenvalue weighted by molar-refractivity contribution is -0.668. The molecule has 1 aliphatic rings. The maximum absolute atomic E-state index is 11.4. The molecule has 1 fully saturated rings. The largest absolute Gasteiger partial charge is 0.459 e. The molecule has 0 aromatic rings. The average Bonchev–Trinajstić information content (AvgIpc) is 2.19. The van der Waals surface area contributed by atoms with E-state index in [0.717, 1.165) is 32.4 Å². The number of thiol groups is 1. The minimum atomic E-state index is -0.172. The molecule has 1 heterocycles. The average molecular weight is 218 g/mol. The first-order valence-electron chi connectivity index (χ1n) is 5.37. The van der Waals surface area contributed by atoms with Gasteiger partial charge in [-0.25, -0.2) is 0 Å². The van der Waals surface area contributed by atoms with Crippen LogP contribution in [0.25, 0.3) is 0 Å². The van der Waals surface area contributed by atoms with Gasteiger partial charge in [-0.05, 0) is 6.42 Å². The molecule has 2 N–H and O–H groups in total. The van der Waals surface area contributed by atoms with Gasteiger partial charge in [-0.15, -0.1) is 0 Å². The molecule has 0 unspecified atom stereocenters. The smallest absolute Gasteiger partial charge is 0.307 e. The molecule has 0 aromatic heterocycles. The first kappa shape index (κ1) is 11.9. The number of ether oxygens (including phenoxy) is 1. The molecular weight excluding hydrogens is 198 g/mol. The number of hydrogen-bond acceptors (Lipinski definition) is 3. The molecule has 14 heavy (non-hydrogen) atoms. The molecule has 0 spiro atoms. The fourth-order valence-electron chi connectivity index (χ4n) is 1.91. The predicted molar refractivity (Wildman–Crippen MR) is 58.5 cm³/mol. The SMILES string of the molecule is CCC1(OC(=O)CCS)CC[NH2+]CC1. The highest BCUT2D eigenvalue weighted by atomic mass is 32.1. The zero-order valence-electron chi connectivity index (χ0n) is 8.79. The van der Waals surface area contributed by atoms with Crippen molar-refractivity contribution in [2.45, 2.75) is 38.2 Å². The van der Waals surface area contributed by atoms with Gasteiger partial charge >= 0.3 is 5.97 Å². The summed E-state index contributed by atoms with van der Waals surface area (Å²) in [5.41, 5.74) is -0.172. The van der Waals surface area contributed by atoms with Crippen LogP contribution in [-0.4, -0.2) is 30.4 Å². The molecule has 0 aliphatic carbocycles. The quantitative estimate of drug-likeness (QED) is 0.528. The lowest BCUT2D eigenvalue weighted by atomic mass is 9.89. The molecule has 0 bridgehead atoms. The second kappa shape index (κ2) is 5.61. The van der Waals surface area contributed by atoms with E-state index in [1.54, 1.807) is 0 Å². The van der Waals surface area contributed by atoms with Crippen molar-refractivity contribution in [3.8, 4) is 0 Å². The molecule has 0 aromatic carbocycles. The summed E-state index contributed by atoms with van der Waals surface area (Å²) >= 11 is 4.03. The number of piperidine rings is 1. The first-order valence-corrected chi connectivity index (χ1v) is 6.00. The van der Waals surface area contributed by atoms with Crippen LogP contribution in [0.2, 0.25) is 0 Å². The standard InChI is InChI=1S/C10H19NO2S/c1-2-10(4-6-11-7-5-10)13-9(12)3-8-14/h11,14H,2-8H2,1H3/p+1. The predicted octanol–water partition coefficient (Wildman–Crippen LogP) is 0.356. The molecule has 1 saturated heterocycles. The van der Waals surface area contributed by atoms with Gasteiger partial charge in [-0.3, -0.25) is 4.79 Å². The van der Waals surface area contributed by atoms with Crippen LogP contribution >= 0.6 is 12.6 Å². The molecular formula is C10H20NO2S+. The number of quaternary nitrogens is 1. The number of nitrogens with two attached hydrogens (primary N) is 1. The lowest BCUT2D eigenvalue weighted by Gasteiger charge is -2.34. The Labute approximate surface area is 91.0 Å². The zero-order valence-corrected chi connectivity index (χ0v) is 9.69. The Kier molecular flexibility index (Phi) is 4.75. The van der Waals surface area contributed by atoms with Crippen molar-refractivity contribution in [2.24, 2.45) is 0 Å². The molecule has 0 saturated carbocycles. The Bertz CT molecular complexity index is 191. The number of hydrogen-bond donors (Lipinski definition) is 2. The molecule has 3 nitrogen and oxygen atoms in total. The zero-order chi connectivity index (χ0) is 10.4. The highest BCUT2D eigenvalue weighted by molar-refractivity contribution is 7.80. The van der Waals surface area contributed by atoms with E-state index >= 15 is 0 Å². The van der Waals surface area contributed by atoms with Crippen LogP contribution in [0.4, 0.5) is 0 Å². The third-order valence-corrected chi connectivity index (χ3v) is 3.12. The van der Waals surface area contributed by atoms with Crippen LogP contribution in [0.5, 0.6) is 0 Å². The highest BCUT2D eigenvalue weighted by Gasteiger charge is 2.35. The van der Waals surface area contributed by atoms with E-state index in [1.807, 2.05) is 0 Å². The maximum Gasteiger partial charge on any atom is 0.307 e. The number of esters is 1. The molecule has 0 radical (unpaired) electrons. The summed E-state index contributed by atoms with van der Waals surface area (Å²) in [6, 6.07) is 0. The van der Waals surface area contributed by atoms with Crippen LogP contribution in [0.15, 0.2) is 0 Å². The summed E-state index contributed by atoms with van der Waals surface area (Å²) in [6.07, 6.45) is 3.33. The Morgan fingerprint density at radius 3 is 2.64 bits per heavy atom. The second-order valence-electron chi connectivity index (χ2n) is 3.85. The molecule has 82 valence electrons. The summed E-state index contributed by atoms with van der Waals surface area (Å²) in [5.74, 6) is 0.480. The first-order chi connectivity index (χ1) is 6.72. The third-order valence-electron chi connectivity index (χ3n) is 2.90. The fourth-order valence-corrected chi connectivity index (χ4v) is 2.09. The summed E-state index contributed by atoms with van der Waals surface area (Å²) in [4.78, 5) is 11.4. The summed E-state index contributed by atoms with van der Waals surface area (Å²) in [7, 11) is 0. The number of carbonyl (C=O) groups is 1. The van der Waals surface area contributed by atoms with E-state index in [9.17, 15) is 4.79 Å². The summed E-state index contributed by atoms with van der Waals surface area (Å²) < 4.78 is 5.56. The molecule has 1 rings (SSSR count). The van der Waals surface area contributed by atoms with Crippen LogP contribution in [-0.2, 0) is 9.53 Å². The third kappa shape index (κ3) is 3.17.